The normalized spacial score (nSPS) is 15.4. The molecule has 1 aliphatic heterocycles. The molecule has 0 aromatic heterocycles. The summed E-state index contributed by atoms with van der Waals surface area (Å²) in [6, 6.07) is 3.29. The Bertz CT molecular complexity index is 853. The fourth-order valence-corrected chi connectivity index (χ4v) is 3.68. The predicted octanol–water partition coefficient (Wildman–Crippen LogP) is 0.558. The predicted molar refractivity (Wildman–Crippen MR) is 101 cm³/mol. The van der Waals surface area contributed by atoms with Gasteiger partial charge in [0.1, 0.15) is 19.3 Å². The molecule has 10 heteroatoms. The molecule has 0 saturated carbocycles. The quantitative estimate of drug-likeness (QED) is 0.490. The second-order valence-corrected chi connectivity index (χ2v) is 8.27. The average molecular weight is 412 g/mol. The van der Waals surface area contributed by atoms with Gasteiger partial charge in [-0.05, 0) is 12.1 Å². The Morgan fingerprint density at radius 2 is 1.96 bits per heavy atom. The highest BCUT2D eigenvalue weighted by Crippen LogP contribution is 2.32. The highest BCUT2D eigenvalue weighted by Gasteiger charge is 2.29. The van der Waals surface area contributed by atoms with Gasteiger partial charge in [-0.3, -0.25) is 4.79 Å². The molecule has 9 nitrogen and oxygen atoms in total. The fourth-order valence-electron chi connectivity index (χ4n) is 2.54. The van der Waals surface area contributed by atoms with Gasteiger partial charge in [0.2, 0.25) is 15.9 Å². The van der Waals surface area contributed by atoms with Crippen LogP contribution in [0.2, 0.25) is 0 Å². The summed E-state index contributed by atoms with van der Waals surface area (Å²) in [5.41, 5.74) is 0. The van der Waals surface area contributed by atoms with Crippen molar-refractivity contribution in [3.05, 3.63) is 30.9 Å². The summed E-state index contributed by atoms with van der Waals surface area (Å²) in [5.74, 6) is -0.886. The molecule has 0 bridgehead atoms. The van der Waals surface area contributed by atoms with Crippen molar-refractivity contribution in [1.82, 2.24) is 9.62 Å². The maximum Gasteiger partial charge on any atom is 0.328 e. The summed E-state index contributed by atoms with van der Waals surface area (Å²) in [7, 11) is -1.48. The van der Waals surface area contributed by atoms with Crippen LogP contribution in [-0.2, 0) is 24.3 Å². The Labute approximate surface area is 164 Å². The van der Waals surface area contributed by atoms with E-state index in [1.54, 1.807) is 6.92 Å². The first-order valence-electron chi connectivity index (χ1n) is 8.56. The Morgan fingerprint density at radius 3 is 2.57 bits per heavy atom. The van der Waals surface area contributed by atoms with Crippen LogP contribution in [0.15, 0.2) is 35.7 Å². The zero-order valence-electron chi connectivity index (χ0n) is 16.0. The summed E-state index contributed by atoms with van der Waals surface area (Å²) >= 11 is 0. The van der Waals surface area contributed by atoms with E-state index in [0.29, 0.717) is 24.7 Å². The zero-order valence-corrected chi connectivity index (χ0v) is 16.8. The van der Waals surface area contributed by atoms with Crippen LogP contribution in [0.5, 0.6) is 11.5 Å². The Balaban J connectivity index is 2.11. The maximum absolute atomic E-state index is 12.8. The van der Waals surface area contributed by atoms with Crippen molar-refractivity contribution in [3.8, 4) is 11.5 Å². The lowest BCUT2D eigenvalue weighted by molar-refractivity contribution is -0.146. The second kappa shape index (κ2) is 9.07. The number of methoxy groups -OCH3 is 1. The number of amides is 1. The fraction of sp³-hybridized carbons (Fsp3) is 0.444. The number of nitrogens with zero attached hydrogens (tertiary/aromatic N) is 1. The van der Waals surface area contributed by atoms with E-state index in [0.717, 1.165) is 4.31 Å². The SMILES string of the molecule is C=CC(C)C(NC(=O)CN(C)S(=O)(=O)c1ccc2c(c1)OCCO2)C(=O)OC. The number of hydrogen-bond donors (Lipinski definition) is 1. The first-order valence-corrected chi connectivity index (χ1v) is 10.0. The van der Waals surface area contributed by atoms with Crippen molar-refractivity contribution in [3.63, 3.8) is 0 Å². The Kier molecular flexibility index (Phi) is 7.03. The lowest BCUT2D eigenvalue weighted by Crippen LogP contribution is -2.48. The van der Waals surface area contributed by atoms with Gasteiger partial charge in [-0.15, -0.1) is 6.58 Å². The standard InChI is InChI=1S/C18H24N2O7S/c1-5-12(2)17(18(22)25-4)19-16(21)11-20(3)28(23,24)13-6-7-14-15(10-13)27-9-8-26-14/h5-7,10,12,17H,1,8-9,11H2,2-4H3,(H,19,21). The third-order valence-corrected chi connectivity index (χ3v) is 6.06. The molecule has 154 valence electrons. The number of nitrogens with one attached hydrogen (secondary N) is 1. The first-order chi connectivity index (χ1) is 13.2. The molecular formula is C18H24N2O7S. The number of likely N-dealkylation sites (N-methyl/N-ethyl adjacent to an activating group) is 1. The topological polar surface area (TPSA) is 111 Å². The minimum Gasteiger partial charge on any atom is -0.486 e. The van der Waals surface area contributed by atoms with Crippen molar-refractivity contribution < 1.29 is 32.2 Å². The van der Waals surface area contributed by atoms with Gasteiger partial charge in [0.25, 0.3) is 0 Å². The molecule has 0 fully saturated rings. The number of fused-ring (bicyclic) bond motifs is 1. The number of carbonyl (C=O) groups excluding carboxylic acids is 2. The van der Waals surface area contributed by atoms with E-state index >= 15 is 0 Å². The van der Waals surface area contributed by atoms with Crippen LogP contribution in [0.25, 0.3) is 0 Å². The molecule has 1 aliphatic rings. The molecule has 1 aromatic carbocycles. The van der Waals surface area contributed by atoms with Crippen molar-refractivity contribution in [1.29, 1.82) is 0 Å². The van der Waals surface area contributed by atoms with Gasteiger partial charge in [0, 0.05) is 19.0 Å². The number of carbonyl (C=O) groups is 2. The van der Waals surface area contributed by atoms with E-state index in [1.807, 2.05) is 0 Å². The molecule has 0 aliphatic carbocycles. The molecule has 0 spiro atoms. The molecule has 1 N–H and O–H groups in total. The number of ether oxygens (including phenoxy) is 3. The summed E-state index contributed by atoms with van der Waals surface area (Å²) in [6.07, 6.45) is 1.50. The lowest BCUT2D eigenvalue weighted by atomic mass is 10.0. The van der Waals surface area contributed by atoms with E-state index in [-0.39, 0.29) is 4.90 Å². The van der Waals surface area contributed by atoms with E-state index in [2.05, 4.69) is 16.6 Å². The zero-order chi connectivity index (χ0) is 20.9. The molecular weight excluding hydrogens is 388 g/mol. The largest absolute Gasteiger partial charge is 0.486 e. The van der Waals surface area contributed by atoms with Gasteiger partial charge in [-0.2, -0.15) is 4.31 Å². The van der Waals surface area contributed by atoms with Crippen molar-refractivity contribution in [2.45, 2.75) is 17.9 Å². The maximum atomic E-state index is 12.8. The van der Waals surface area contributed by atoms with Gasteiger partial charge >= 0.3 is 5.97 Å². The van der Waals surface area contributed by atoms with Crippen LogP contribution >= 0.6 is 0 Å². The Morgan fingerprint density at radius 1 is 1.32 bits per heavy atom. The molecule has 1 heterocycles. The van der Waals surface area contributed by atoms with Crippen LogP contribution in [0.1, 0.15) is 6.92 Å². The molecule has 2 unspecified atom stereocenters. The van der Waals surface area contributed by atoms with Crippen molar-refractivity contribution >= 4 is 21.9 Å². The van der Waals surface area contributed by atoms with Gasteiger partial charge < -0.3 is 19.5 Å². The first kappa shape index (κ1) is 21.7. The van der Waals surface area contributed by atoms with Gasteiger partial charge in [0.05, 0.1) is 18.6 Å². The Hall–Kier alpha value is -2.59. The average Bonchev–Trinajstić information content (AvgIpc) is 2.70. The molecule has 0 radical (unpaired) electrons. The molecule has 0 saturated heterocycles. The highest BCUT2D eigenvalue weighted by atomic mass is 32.2. The van der Waals surface area contributed by atoms with E-state index < -0.39 is 40.4 Å². The highest BCUT2D eigenvalue weighted by molar-refractivity contribution is 7.89. The van der Waals surface area contributed by atoms with E-state index in [4.69, 9.17) is 9.47 Å². The van der Waals surface area contributed by atoms with Crippen LogP contribution < -0.4 is 14.8 Å². The third-order valence-electron chi connectivity index (χ3n) is 4.26. The minimum atomic E-state index is -3.95. The summed E-state index contributed by atoms with van der Waals surface area (Å²) in [6.45, 7) is 5.52. The van der Waals surface area contributed by atoms with E-state index in [9.17, 15) is 18.0 Å². The molecule has 1 amide bonds. The summed E-state index contributed by atoms with van der Waals surface area (Å²) in [5, 5.41) is 2.49. The van der Waals surface area contributed by atoms with Gasteiger partial charge in [-0.25, -0.2) is 13.2 Å². The van der Waals surface area contributed by atoms with E-state index in [1.165, 1.54) is 38.4 Å². The van der Waals surface area contributed by atoms with Crippen molar-refractivity contribution in [2.24, 2.45) is 5.92 Å². The lowest BCUT2D eigenvalue weighted by Gasteiger charge is -2.23. The second-order valence-electron chi connectivity index (χ2n) is 6.23. The molecule has 1 aromatic rings. The number of hydrogen-bond acceptors (Lipinski definition) is 7. The number of esters is 1. The number of benzene rings is 1. The number of sulfonamides is 1. The van der Waals surface area contributed by atoms with Crippen LogP contribution in [-0.4, -0.2) is 64.6 Å². The van der Waals surface area contributed by atoms with Gasteiger partial charge in [0.15, 0.2) is 11.5 Å². The third kappa shape index (κ3) is 4.82. The molecule has 2 atom stereocenters. The van der Waals surface area contributed by atoms with Crippen molar-refractivity contribution in [2.75, 3.05) is 33.9 Å². The minimum absolute atomic E-state index is 0.0315. The summed E-state index contributed by atoms with van der Waals surface area (Å²) in [4.78, 5) is 24.1. The van der Waals surface area contributed by atoms with Gasteiger partial charge in [-0.1, -0.05) is 13.0 Å². The monoisotopic (exact) mass is 412 g/mol. The number of rotatable bonds is 8. The van der Waals surface area contributed by atoms with Crippen LogP contribution in [0.4, 0.5) is 0 Å². The molecule has 28 heavy (non-hydrogen) atoms. The van der Waals surface area contributed by atoms with Crippen LogP contribution in [0.3, 0.4) is 0 Å². The summed E-state index contributed by atoms with van der Waals surface area (Å²) < 4.78 is 41.9. The molecule has 2 rings (SSSR count). The smallest absolute Gasteiger partial charge is 0.328 e. The van der Waals surface area contributed by atoms with Crippen LogP contribution in [0, 0.1) is 5.92 Å².